The molecule has 7 nitrogen and oxygen atoms in total. The number of ether oxygens (including phenoxy) is 1. The summed E-state index contributed by atoms with van der Waals surface area (Å²) in [6.45, 7) is 4.35. The van der Waals surface area contributed by atoms with Crippen LogP contribution in [0.5, 0.6) is 0 Å². The molecule has 0 atom stereocenters. The zero-order chi connectivity index (χ0) is 18.9. The average Bonchev–Trinajstić information content (AvgIpc) is 3.22. The molecular weight excluding hydrogens is 346 g/mol. The SMILES string of the molecule is O=C(NCCN1CCOCC1)C(=Cc1ccco1)NC(=O)c1ccccc1. The van der Waals surface area contributed by atoms with Crippen LogP contribution in [-0.4, -0.2) is 56.1 Å². The predicted octanol–water partition coefficient (Wildman–Crippen LogP) is 1.50. The van der Waals surface area contributed by atoms with E-state index in [1.165, 1.54) is 12.3 Å². The van der Waals surface area contributed by atoms with E-state index < -0.39 is 0 Å². The van der Waals surface area contributed by atoms with Crippen molar-refractivity contribution in [3.05, 3.63) is 65.7 Å². The highest BCUT2D eigenvalue weighted by atomic mass is 16.5. The van der Waals surface area contributed by atoms with Crippen molar-refractivity contribution in [1.82, 2.24) is 15.5 Å². The molecule has 1 aromatic carbocycles. The standard InChI is InChI=1S/C20H23N3O4/c24-19(16-5-2-1-3-6-16)22-18(15-17-7-4-12-27-17)20(25)21-8-9-23-10-13-26-14-11-23/h1-7,12,15H,8-11,13-14H2,(H,21,25)(H,22,24). The summed E-state index contributed by atoms with van der Waals surface area (Å²) < 4.78 is 10.6. The van der Waals surface area contributed by atoms with Crippen molar-refractivity contribution in [3.63, 3.8) is 0 Å². The lowest BCUT2D eigenvalue weighted by atomic mass is 10.2. The van der Waals surface area contributed by atoms with E-state index in [4.69, 9.17) is 9.15 Å². The molecule has 3 rings (SSSR count). The zero-order valence-corrected chi connectivity index (χ0v) is 15.0. The Morgan fingerprint density at radius 1 is 1.07 bits per heavy atom. The summed E-state index contributed by atoms with van der Waals surface area (Å²) in [6.07, 6.45) is 3.03. The van der Waals surface area contributed by atoms with Crippen LogP contribution in [0.25, 0.3) is 6.08 Å². The molecule has 7 heteroatoms. The molecule has 1 aromatic heterocycles. The zero-order valence-electron chi connectivity index (χ0n) is 15.0. The topological polar surface area (TPSA) is 83.8 Å². The van der Waals surface area contributed by atoms with Gasteiger partial charge in [0.05, 0.1) is 19.5 Å². The highest BCUT2D eigenvalue weighted by Crippen LogP contribution is 2.08. The van der Waals surface area contributed by atoms with Crippen LogP contribution in [0.3, 0.4) is 0 Å². The summed E-state index contributed by atoms with van der Waals surface area (Å²) in [4.78, 5) is 27.2. The second kappa shape index (κ2) is 9.70. The summed E-state index contributed by atoms with van der Waals surface area (Å²) >= 11 is 0. The molecule has 1 saturated heterocycles. The number of amides is 2. The molecule has 0 saturated carbocycles. The maximum absolute atomic E-state index is 12.6. The summed E-state index contributed by atoms with van der Waals surface area (Å²) in [7, 11) is 0. The Balaban J connectivity index is 1.62. The first-order chi connectivity index (χ1) is 13.2. The highest BCUT2D eigenvalue weighted by Gasteiger charge is 2.16. The Bertz CT molecular complexity index is 766. The van der Waals surface area contributed by atoms with Crippen molar-refractivity contribution < 1.29 is 18.7 Å². The Morgan fingerprint density at radius 2 is 1.85 bits per heavy atom. The Hall–Kier alpha value is -2.90. The average molecular weight is 369 g/mol. The van der Waals surface area contributed by atoms with Crippen LogP contribution in [0, 0.1) is 0 Å². The van der Waals surface area contributed by atoms with Crippen LogP contribution >= 0.6 is 0 Å². The molecule has 2 amide bonds. The molecule has 1 fully saturated rings. The first kappa shape index (κ1) is 18.9. The largest absolute Gasteiger partial charge is 0.465 e. The minimum Gasteiger partial charge on any atom is -0.465 e. The molecule has 2 heterocycles. The fourth-order valence-electron chi connectivity index (χ4n) is 2.71. The quantitative estimate of drug-likeness (QED) is 0.723. The first-order valence-corrected chi connectivity index (χ1v) is 8.92. The number of benzene rings is 1. The summed E-state index contributed by atoms with van der Waals surface area (Å²) in [5.74, 6) is -0.220. The van der Waals surface area contributed by atoms with Gasteiger partial charge in [-0.25, -0.2) is 0 Å². The number of carbonyl (C=O) groups is 2. The van der Waals surface area contributed by atoms with Crippen molar-refractivity contribution in [1.29, 1.82) is 0 Å². The summed E-state index contributed by atoms with van der Waals surface area (Å²) in [6, 6.07) is 12.2. The number of morpholine rings is 1. The van der Waals surface area contributed by atoms with Crippen molar-refractivity contribution in [2.24, 2.45) is 0 Å². The number of hydrogen-bond acceptors (Lipinski definition) is 5. The molecule has 0 aliphatic carbocycles. The molecule has 0 spiro atoms. The van der Waals surface area contributed by atoms with Crippen molar-refractivity contribution in [2.45, 2.75) is 0 Å². The number of hydrogen-bond donors (Lipinski definition) is 2. The molecule has 142 valence electrons. The second-order valence-corrected chi connectivity index (χ2v) is 6.10. The van der Waals surface area contributed by atoms with E-state index in [-0.39, 0.29) is 17.5 Å². The van der Waals surface area contributed by atoms with Gasteiger partial charge >= 0.3 is 0 Å². The molecule has 2 aromatic rings. The molecule has 2 N–H and O–H groups in total. The lowest BCUT2D eigenvalue weighted by Crippen LogP contribution is -2.42. The third kappa shape index (κ3) is 5.80. The fourth-order valence-corrected chi connectivity index (χ4v) is 2.71. The minimum absolute atomic E-state index is 0.140. The van der Waals surface area contributed by atoms with Gasteiger partial charge < -0.3 is 19.8 Å². The number of carbonyl (C=O) groups excluding carboxylic acids is 2. The van der Waals surface area contributed by atoms with Gasteiger partial charge in [0, 0.05) is 37.8 Å². The van der Waals surface area contributed by atoms with E-state index in [0.29, 0.717) is 31.1 Å². The number of furan rings is 1. The monoisotopic (exact) mass is 369 g/mol. The summed E-state index contributed by atoms with van der Waals surface area (Å²) in [5, 5.41) is 5.53. The van der Waals surface area contributed by atoms with Crippen LogP contribution in [0.1, 0.15) is 16.1 Å². The maximum atomic E-state index is 12.6. The van der Waals surface area contributed by atoms with Crippen molar-refractivity contribution in [2.75, 3.05) is 39.4 Å². The van der Waals surface area contributed by atoms with Crippen LogP contribution in [-0.2, 0) is 9.53 Å². The molecule has 27 heavy (non-hydrogen) atoms. The third-order valence-corrected chi connectivity index (χ3v) is 4.18. The Labute approximate surface area is 158 Å². The van der Waals surface area contributed by atoms with Crippen LogP contribution in [0.2, 0.25) is 0 Å². The lowest BCUT2D eigenvalue weighted by Gasteiger charge is -2.26. The van der Waals surface area contributed by atoms with Crippen LogP contribution < -0.4 is 10.6 Å². The van der Waals surface area contributed by atoms with Gasteiger partial charge in [-0.15, -0.1) is 0 Å². The van der Waals surface area contributed by atoms with E-state index in [2.05, 4.69) is 15.5 Å². The summed E-state index contributed by atoms with van der Waals surface area (Å²) in [5.41, 5.74) is 0.616. The Kier molecular flexibility index (Phi) is 6.78. The smallest absolute Gasteiger partial charge is 0.267 e. The maximum Gasteiger partial charge on any atom is 0.267 e. The van der Waals surface area contributed by atoms with Crippen molar-refractivity contribution >= 4 is 17.9 Å². The van der Waals surface area contributed by atoms with Crippen molar-refractivity contribution in [3.8, 4) is 0 Å². The third-order valence-electron chi connectivity index (χ3n) is 4.18. The normalized spacial score (nSPS) is 15.3. The Morgan fingerprint density at radius 3 is 2.56 bits per heavy atom. The molecular formula is C20H23N3O4. The lowest BCUT2D eigenvalue weighted by molar-refractivity contribution is -0.117. The fraction of sp³-hybridized carbons (Fsp3) is 0.300. The predicted molar refractivity (Wildman–Crippen MR) is 101 cm³/mol. The molecule has 1 aliphatic heterocycles. The van der Waals surface area contributed by atoms with Gasteiger partial charge in [0.25, 0.3) is 11.8 Å². The first-order valence-electron chi connectivity index (χ1n) is 8.92. The number of rotatable bonds is 7. The van der Waals surface area contributed by atoms with E-state index >= 15 is 0 Å². The van der Waals surface area contributed by atoms with E-state index in [9.17, 15) is 9.59 Å². The van der Waals surface area contributed by atoms with Gasteiger partial charge in [0.2, 0.25) is 0 Å². The van der Waals surface area contributed by atoms with Gasteiger partial charge in [-0.3, -0.25) is 14.5 Å². The van der Waals surface area contributed by atoms with Gasteiger partial charge in [0.1, 0.15) is 11.5 Å². The molecule has 0 unspecified atom stereocenters. The van der Waals surface area contributed by atoms with Crippen LogP contribution in [0.4, 0.5) is 0 Å². The van der Waals surface area contributed by atoms with Gasteiger partial charge in [-0.05, 0) is 24.3 Å². The minimum atomic E-state index is -0.357. The van der Waals surface area contributed by atoms with Gasteiger partial charge in [-0.2, -0.15) is 0 Å². The van der Waals surface area contributed by atoms with E-state index in [1.54, 1.807) is 36.4 Å². The van der Waals surface area contributed by atoms with E-state index in [0.717, 1.165) is 19.6 Å². The number of nitrogens with one attached hydrogen (secondary N) is 2. The number of nitrogens with zero attached hydrogens (tertiary/aromatic N) is 1. The molecule has 0 radical (unpaired) electrons. The molecule has 1 aliphatic rings. The second-order valence-electron chi connectivity index (χ2n) is 6.10. The van der Waals surface area contributed by atoms with Crippen LogP contribution in [0.15, 0.2) is 58.8 Å². The molecule has 0 bridgehead atoms. The highest BCUT2D eigenvalue weighted by molar-refractivity contribution is 6.05. The van der Waals surface area contributed by atoms with E-state index in [1.807, 2.05) is 6.07 Å². The van der Waals surface area contributed by atoms with Gasteiger partial charge in [0.15, 0.2) is 0 Å². The van der Waals surface area contributed by atoms with Gasteiger partial charge in [-0.1, -0.05) is 18.2 Å².